The van der Waals surface area contributed by atoms with E-state index in [4.69, 9.17) is 0 Å². The van der Waals surface area contributed by atoms with Gasteiger partial charge in [-0.25, -0.2) is 4.98 Å². The van der Waals surface area contributed by atoms with Crippen molar-refractivity contribution < 1.29 is 4.79 Å². The number of rotatable bonds is 4. The zero-order valence-electron chi connectivity index (χ0n) is 12.2. The third-order valence-corrected chi connectivity index (χ3v) is 4.59. The minimum atomic E-state index is -0.444. The van der Waals surface area contributed by atoms with E-state index in [1.165, 1.54) is 0 Å². The van der Waals surface area contributed by atoms with Crippen molar-refractivity contribution in [3.05, 3.63) is 45.7 Å². The zero-order chi connectivity index (χ0) is 14.8. The van der Waals surface area contributed by atoms with Crippen LogP contribution in [0.25, 0.3) is 0 Å². The van der Waals surface area contributed by atoms with Crippen molar-refractivity contribution in [2.24, 2.45) is 0 Å². The van der Waals surface area contributed by atoms with E-state index in [1.807, 2.05) is 39.1 Å². The molecule has 106 valence electrons. The lowest BCUT2D eigenvalue weighted by Crippen LogP contribution is -2.43. The van der Waals surface area contributed by atoms with Gasteiger partial charge in [0.25, 0.3) is 5.91 Å². The molecule has 0 spiro atoms. The molecule has 0 radical (unpaired) electrons. The lowest BCUT2D eigenvalue weighted by Gasteiger charge is -2.27. The predicted octanol–water partition coefficient (Wildman–Crippen LogP) is 3.21. The molecule has 0 bridgehead atoms. The van der Waals surface area contributed by atoms with Crippen LogP contribution in [0.15, 0.2) is 23.7 Å². The van der Waals surface area contributed by atoms with E-state index < -0.39 is 5.54 Å². The van der Waals surface area contributed by atoms with Crippen LogP contribution in [-0.2, 0) is 5.54 Å². The second-order valence-electron chi connectivity index (χ2n) is 5.12. The molecule has 2 heterocycles. The number of aromatic nitrogens is 2. The monoisotopic (exact) mass is 289 g/mol. The van der Waals surface area contributed by atoms with Crippen molar-refractivity contribution in [1.29, 1.82) is 0 Å². The average Bonchev–Trinajstić information content (AvgIpc) is 2.86. The molecular weight excluding hydrogens is 270 g/mol. The molecule has 0 saturated heterocycles. The molecule has 0 saturated carbocycles. The molecule has 2 rings (SSSR count). The summed E-state index contributed by atoms with van der Waals surface area (Å²) < 4.78 is 0. The Balaban J connectivity index is 2.21. The van der Waals surface area contributed by atoms with Crippen LogP contribution in [0.1, 0.15) is 47.0 Å². The molecule has 1 atom stereocenters. The number of amides is 1. The van der Waals surface area contributed by atoms with E-state index in [-0.39, 0.29) is 5.91 Å². The van der Waals surface area contributed by atoms with Gasteiger partial charge in [-0.2, -0.15) is 0 Å². The van der Waals surface area contributed by atoms with Crippen molar-refractivity contribution in [3.8, 4) is 0 Å². The van der Waals surface area contributed by atoms with E-state index in [9.17, 15) is 4.79 Å². The lowest BCUT2D eigenvalue weighted by molar-refractivity contribution is 0.0901. The predicted molar refractivity (Wildman–Crippen MR) is 80.9 cm³/mol. The van der Waals surface area contributed by atoms with Gasteiger partial charge in [-0.05, 0) is 39.3 Å². The SMILES string of the molecule is CCC(C)(NC(=O)c1ccc(C)nc1)c1nc(C)cs1. The summed E-state index contributed by atoms with van der Waals surface area (Å²) in [5.74, 6) is -0.116. The van der Waals surface area contributed by atoms with Crippen molar-refractivity contribution in [3.63, 3.8) is 0 Å². The van der Waals surface area contributed by atoms with Crippen molar-refractivity contribution in [2.75, 3.05) is 0 Å². The summed E-state index contributed by atoms with van der Waals surface area (Å²) in [7, 11) is 0. The Morgan fingerprint density at radius 3 is 2.60 bits per heavy atom. The van der Waals surface area contributed by atoms with Gasteiger partial charge in [0.15, 0.2) is 0 Å². The largest absolute Gasteiger partial charge is 0.340 e. The maximum atomic E-state index is 12.3. The topological polar surface area (TPSA) is 54.9 Å². The first-order chi connectivity index (χ1) is 9.44. The van der Waals surface area contributed by atoms with E-state index in [1.54, 1.807) is 23.6 Å². The molecule has 2 aromatic rings. The molecule has 0 aromatic carbocycles. The van der Waals surface area contributed by atoms with E-state index >= 15 is 0 Å². The first-order valence-electron chi connectivity index (χ1n) is 6.62. The quantitative estimate of drug-likeness (QED) is 0.940. The standard InChI is InChI=1S/C15H19N3OS/c1-5-15(4,14-17-11(3)9-20-14)18-13(19)12-7-6-10(2)16-8-12/h6-9H,5H2,1-4H3,(H,18,19). The van der Waals surface area contributed by atoms with Gasteiger partial charge in [0.2, 0.25) is 0 Å². The minimum Gasteiger partial charge on any atom is -0.340 e. The van der Waals surface area contributed by atoms with Crippen molar-refractivity contribution in [1.82, 2.24) is 15.3 Å². The Morgan fingerprint density at radius 1 is 1.35 bits per heavy atom. The van der Waals surface area contributed by atoms with Crippen LogP contribution in [0.3, 0.4) is 0 Å². The number of carbonyl (C=O) groups excluding carboxylic acids is 1. The van der Waals surface area contributed by atoms with Crippen LogP contribution in [0.2, 0.25) is 0 Å². The Hall–Kier alpha value is -1.75. The number of thiazole rings is 1. The molecule has 20 heavy (non-hydrogen) atoms. The third-order valence-electron chi connectivity index (χ3n) is 3.36. The fourth-order valence-corrected chi connectivity index (χ4v) is 2.81. The molecule has 5 heteroatoms. The second-order valence-corrected chi connectivity index (χ2v) is 5.98. The van der Waals surface area contributed by atoms with E-state index in [0.717, 1.165) is 22.8 Å². The van der Waals surface area contributed by atoms with Crippen LogP contribution >= 0.6 is 11.3 Å². The number of nitrogens with one attached hydrogen (secondary N) is 1. The fraction of sp³-hybridized carbons (Fsp3) is 0.400. The Labute approximate surface area is 123 Å². The average molecular weight is 289 g/mol. The third kappa shape index (κ3) is 3.04. The summed E-state index contributed by atoms with van der Waals surface area (Å²) in [6.07, 6.45) is 2.39. The smallest absolute Gasteiger partial charge is 0.253 e. The number of pyridine rings is 1. The van der Waals surface area contributed by atoms with Gasteiger partial charge in [-0.1, -0.05) is 6.92 Å². The Bertz CT molecular complexity index is 606. The van der Waals surface area contributed by atoms with Crippen LogP contribution in [0.5, 0.6) is 0 Å². The molecule has 4 nitrogen and oxygen atoms in total. The van der Waals surface area contributed by atoms with Gasteiger partial charge in [-0.3, -0.25) is 9.78 Å². The fourth-order valence-electron chi connectivity index (χ4n) is 1.83. The molecule has 0 aliphatic rings. The molecule has 1 unspecified atom stereocenters. The molecule has 2 aromatic heterocycles. The number of nitrogens with zero attached hydrogens (tertiary/aromatic N) is 2. The summed E-state index contributed by atoms with van der Waals surface area (Å²) in [6, 6.07) is 3.63. The first-order valence-corrected chi connectivity index (χ1v) is 7.50. The molecule has 0 aliphatic heterocycles. The van der Waals surface area contributed by atoms with Gasteiger partial charge in [0.1, 0.15) is 5.01 Å². The number of aryl methyl sites for hydroxylation is 2. The maximum absolute atomic E-state index is 12.3. The minimum absolute atomic E-state index is 0.116. The first kappa shape index (κ1) is 14.7. The molecule has 0 aliphatic carbocycles. The lowest BCUT2D eigenvalue weighted by atomic mass is 9.99. The van der Waals surface area contributed by atoms with E-state index in [0.29, 0.717) is 5.56 Å². The van der Waals surface area contributed by atoms with Gasteiger partial charge < -0.3 is 5.32 Å². The molecular formula is C15H19N3OS. The highest BCUT2D eigenvalue weighted by Crippen LogP contribution is 2.27. The second kappa shape index (κ2) is 5.71. The number of carbonyl (C=O) groups is 1. The van der Waals surface area contributed by atoms with Crippen LogP contribution in [-0.4, -0.2) is 15.9 Å². The van der Waals surface area contributed by atoms with Crippen LogP contribution in [0.4, 0.5) is 0 Å². The Kier molecular flexibility index (Phi) is 4.18. The number of hydrogen-bond acceptors (Lipinski definition) is 4. The summed E-state index contributed by atoms with van der Waals surface area (Å²) in [4.78, 5) is 21.0. The van der Waals surface area contributed by atoms with Crippen LogP contribution < -0.4 is 5.32 Å². The summed E-state index contributed by atoms with van der Waals surface area (Å²) >= 11 is 1.58. The highest BCUT2D eigenvalue weighted by atomic mass is 32.1. The van der Waals surface area contributed by atoms with Gasteiger partial charge in [-0.15, -0.1) is 11.3 Å². The van der Waals surface area contributed by atoms with Gasteiger partial charge in [0.05, 0.1) is 11.1 Å². The summed E-state index contributed by atoms with van der Waals surface area (Å²) in [5, 5.41) is 6.02. The summed E-state index contributed by atoms with van der Waals surface area (Å²) in [6.45, 7) is 7.91. The van der Waals surface area contributed by atoms with Gasteiger partial charge in [0, 0.05) is 23.0 Å². The highest BCUT2D eigenvalue weighted by molar-refractivity contribution is 7.09. The maximum Gasteiger partial charge on any atom is 0.253 e. The number of hydrogen-bond donors (Lipinski definition) is 1. The Morgan fingerprint density at radius 2 is 2.10 bits per heavy atom. The molecule has 0 fully saturated rings. The van der Waals surface area contributed by atoms with Gasteiger partial charge >= 0.3 is 0 Å². The van der Waals surface area contributed by atoms with Crippen molar-refractivity contribution in [2.45, 2.75) is 39.7 Å². The highest BCUT2D eigenvalue weighted by Gasteiger charge is 2.30. The summed E-state index contributed by atoms with van der Waals surface area (Å²) in [5.41, 5.74) is 2.01. The van der Waals surface area contributed by atoms with Crippen molar-refractivity contribution >= 4 is 17.2 Å². The van der Waals surface area contributed by atoms with E-state index in [2.05, 4.69) is 15.3 Å². The zero-order valence-corrected chi connectivity index (χ0v) is 13.0. The van der Waals surface area contributed by atoms with Crippen LogP contribution in [0, 0.1) is 13.8 Å². The normalized spacial score (nSPS) is 13.8. The molecule has 1 amide bonds. The molecule has 1 N–H and O–H groups in total.